The number of nitrogens with two attached hydrogens (primary N) is 1. The summed E-state index contributed by atoms with van der Waals surface area (Å²) < 4.78 is 9.98. The van der Waals surface area contributed by atoms with E-state index in [2.05, 4.69) is 22.0 Å². The van der Waals surface area contributed by atoms with Crippen molar-refractivity contribution in [1.29, 1.82) is 0 Å². The highest BCUT2D eigenvalue weighted by molar-refractivity contribution is 5.88. The van der Waals surface area contributed by atoms with Crippen LogP contribution in [0.2, 0.25) is 0 Å². The fourth-order valence-electron chi connectivity index (χ4n) is 1.46. The number of anilines is 2. The zero-order valence-electron chi connectivity index (χ0n) is 11.4. The Morgan fingerprint density at radius 3 is 2.89 bits per heavy atom. The van der Waals surface area contributed by atoms with E-state index in [1.165, 1.54) is 13.2 Å². The van der Waals surface area contributed by atoms with Gasteiger partial charge in [0.25, 0.3) is 0 Å². The van der Waals surface area contributed by atoms with Crippen LogP contribution >= 0.6 is 0 Å². The van der Waals surface area contributed by atoms with Crippen molar-refractivity contribution in [1.82, 2.24) is 4.98 Å². The maximum absolute atomic E-state index is 11.4. The summed E-state index contributed by atoms with van der Waals surface area (Å²) in [6.45, 7) is 4.22. The average Bonchev–Trinajstić information content (AvgIpc) is 2.43. The minimum Gasteiger partial charge on any atom is -0.464 e. The Kier molecular flexibility index (Phi) is 6.67. The first kappa shape index (κ1) is 15.2. The highest BCUT2D eigenvalue weighted by atomic mass is 16.5. The first-order valence-electron chi connectivity index (χ1n) is 6.35. The normalized spacial score (nSPS) is 10.2. The summed E-state index contributed by atoms with van der Waals surface area (Å²) in [5.41, 5.74) is 6.52. The Morgan fingerprint density at radius 2 is 2.21 bits per heavy atom. The van der Waals surface area contributed by atoms with Gasteiger partial charge in [-0.1, -0.05) is 6.92 Å². The van der Waals surface area contributed by atoms with E-state index in [4.69, 9.17) is 10.5 Å². The molecule has 0 aliphatic heterocycles. The fourth-order valence-corrected chi connectivity index (χ4v) is 1.46. The lowest BCUT2D eigenvalue weighted by molar-refractivity contribution is 0.0594. The number of ether oxygens (including phenoxy) is 2. The second-order valence-electron chi connectivity index (χ2n) is 4.02. The highest BCUT2D eigenvalue weighted by Crippen LogP contribution is 2.16. The molecule has 0 atom stereocenters. The molecule has 0 saturated carbocycles. The van der Waals surface area contributed by atoms with Crippen molar-refractivity contribution < 1.29 is 14.3 Å². The predicted octanol–water partition coefficient (Wildman–Crippen LogP) is 1.68. The second kappa shape index (κ2) is 8.31. The molecule has 0 spiro atoms. The summed E-state index contributed by atoms with van der Waals surface area (Å²) in [6, 6.07) is 3.17. The van der Waals surface area contributed by atoms with Crippen LogP contribution in [0, 0.1) is 0 Å². The van der Waals surface area contributed by atoms with Gasteiger partial charge in [0, 0.05) is 19.8 Å². The first-order valence-corrected chi connectivity index (χ1v) is 6.35. The molecule has 0 aliphatic rings. The van der Waals surface area contributed by atoms with Gasteiger partial charge in [-0.05, 0) is 25.0 Å². The van der Waals surface area contributed by atoms with Crippen LogP contribution in [0.4, 0.5) is 11.5 Å². The molecule has 0 fully saturated rings. The number of carbonyl (C=O) groups is 1. The molecule has 3 N–H and O–H groups in total. The van der Waals surface area contributed by atoms with Gasteiger partial charge < -0.3 is 20.5 Å². The molecule has 1 aromatic rings. The van der Waals surface area contributed by atoms with Gasteiger partial charge in [0.1, 0.15) is 5.82 Å². The van der Waals surface area contributed by atoms with Gasteiger partial charge in [-0.3, -0.25) is 0 Å². The molecule has 1 rings (SSSR count). The van der Waals surface area contributed by atoms with Gasteiger partial charge in [0.05, 0.1) is 12.8 Å². The summed E-state index contributed by atoms with van der Waals surface area (Å²) >= 11 is 0. The van der Waals surface area contributed by atoms with E-state index in [-0.39, 0.29) is 5.69 Å². The monoisotopic (exact) mass is 267 g/mol. The molecule has 1 aromatic heterocycles. The maximum atomic E-state index is 11.4. The quantitative estimate of drug-likeness (QED) is 0.550. The Bertz CT molecular complexity index is 410. The number of hydrogen-bond donors (Lipinski definition) is 2. The molecule has 0 aliphatic carbocycles. The van der Waals surface area contributed by atoms with Crippen molar-refractivity contribution in [3.8, 4) is 0 Å². The Morgan fingerprint density at radius 1 is 1.42 bits per heavy atom. The van der Waals surface area contributed by atoms with Gasteiger partial charge in [-0.15, -0.1) is 0 Å². The van der Waals surface area contributed by atoms with Crippen LogP contribution in [0.15, 0.2) is 12.1 Å². The summed E-state index contributed by atoms with van der Waals surface area (Å²) in [5.74, 6) is 0.0210. The molecular formula is C13H21N3O3. The van der Waals surface area contributed by atoms with E-state index < -0.39 is 5.97 Å². The summed E-state index contributed by atoms with van der Waals surface area (Å²) in [6.07, 6.45) is 1.87. The van der Waals surface area contributed by atoms with Crippen LogP contribution in [0.25, 0.3) is 0 Å². The summed E-state index contributed by atoms with van der Waals surface area (Å²) in [5, 5.41) is 3.09. The van der Waals surface area contributed by atoms with E-state index >= 15 is 0 Å². The van der Waals surface area contributed by atoms with Crippen molar-refractivity contribution >= 4 is 17.5 Å². The number of nitrogens with one attached hydrogen (secondary N) is 1. The number of methoxy groups -OCH3 is 1. The Hall–Kier alpha value is -1.82. The van der Waals surface area contributed by atoms with E-state index in [0.29, 0.717) is 24.7 Å². The minimum absolute atomic E-state index is 0.237. The van der Waals surface area contributed by atoms with E-state index in [0.717, 1.165) is 19.4 Å². The zero-order valence-corrected chi connectivity index (χ0v) is 11.4. The Balaban J connectivity index is 2.46. The zero-order chi connectivity index (χ0) is 14.1. The average molecular weight is 267 g/mol. The highest BCUT2D eigenvalue weighted by Gasteiger charge is 2.09. The standard InChI is InChI=1S/C13H21N3O3/c1-3-8-19-9-4-7-15-12-10(14)5-6-11(16-12)13(17)18-2/h5-6H,3-4,7-9,14H2,1-2H3,(H,15,16). The molecule has 0 bridgehead atoms. The third-order valence-electron chi connectivity index (χ3n) is 2.43. The van der Waals surface area contributed by atoms with Crippen molar-refractivity contribution in [2.45, 2.75) is 19.8 Å². The third-order valence-corrected chi connectivity index (χ3v) is 2.43. The SMILES string of the molecule is CCCOCCCNc1nc(C(=O)OC)ccc1N. The van der Waals surface area contributed by atoms with Gasteiger partial charge in [0.2, 0.25) is 0 Å². The fraction of sp³-hybridized carbons (Fsp3) is 0.538. The molecule has 0 aromatic carbocycles. The third kappa shape index (κ3) is 5.13. The number of hydrogen-bond acceptors (Lipinski definition) is 6. The van der Waals surface area contributed by atoms with Gasteiger partial charge >= 0.3 is 5.97 Å². The molecule has 1 heterocycles. The number of esters is 1. The Labute approximate surface area is 113 Å². The molecule has 19 heavy (non-hydrogen) atoms. The lowest BCUT2D eigenvalue weighted by atomic mass is 10.3. The van der Waals surface area contributed by atoms with E-state index in [1.807, 2.05) is 0 Å². The topological polar surface area (TPSA) is 86.5 Å². The minimum atomic E-state index is -0.477. The number of rotatable bonds is 8. The van der Waals surface area contributed by atoms with Crippen LogP contribution in [0.1, 0.15) is 30.3 Å². The predicted molar refractivity (Wildman–Crippen MR) is 74.2 cm³/mol. The second-order valence-corrected chi connectivity index (χ2v) is 4.02. The van der Waals surface area contributed by atoms with Crippen LogP contribution < -0.4 is 11.1 Å². The number of pyridine rings is 1. The van der Waals surface area contributed by atoms with Crippen molar-refractivity contribution in [3.63, 3.8) is 0 Å². The number of carbonyl (C=O) groups excluding carboxylic acids is 1. The molecule has 0 saturated heterocycles. The van der Waals surface area contributed by atoms with Crippen LogP contribution in [-0.4, -0.2) is 37.8 Å². The maximum Gasteiger partial charge on any atom is 0.356 e. The van der Waals surface area contributed by atoms with Crippen molar-refractivity contribution in [3.05, 3.63) is 17.8 Å². The van der Waals surface area contributed by atoms with Crippen LogP contribution in [-0.2, 0) is 9.47 Å². The molecule has 6 heteroatoms. The lowest BCUT2D eigenvalue weighted by Crippen LogP contribution is -2.12. The molecule has 0 radical (unpaired) electrons. The first-order chi connectivity index (χ1) is 9.19. The van der Waals surface area contributed by atoms with Crippen molar-refractivity contribution in [2.24, 2.45) is 0 Å². The molecular weight excluding hydrogens is 246 g/mol. The van der Waals surface area contributed by atoms with Crippen LogP contribution in [0.3, 0.4) is 0 Å². The van der Waals surface area contributed by atoms with Gasteiger partial charge in [-0.25, -0.2) is 9.78 Å². The van der Waals surface area contributed by atoms with E-state index in [1.54, 1.807) is 6.07 Å². The number of nitrogens with zero attached hydrogens (tertiary/aromatic N) is 1. The largest absolute Gasteiger partial charge is 0.464 e. The number of aromatic nitrogens is 1. The smallest absolute Gasteiger partial charge is 0.356 e. The molecule has 0 amide bonds. The number of nitrogen functional groups attached to an aromatic ring is 1. The van der Waals surface area contributed by atoms with Crippen LogP contribution in [0.5, 0.6) is 0 Å². The van der Waals surface area contributed by atoms with Crippen molar-refractivity contribution in [2.75, 3.05) is 37.9 Å². The molecule has 0 unspecified atom stereocenters. The summed E-state index contributed by atoms with van der Waals surface area (Å²) in [4.78, 5) is 15.5. The molecule has 106 valence electrons. The van der Waals surface area contributed by atoms with E-state index in [9.17, 15) is 4.79 Å². The lowest BCUT2D eigenvalue weighted by Gasteiger charge is -2.09. The van der Waals surface area contributed by atoms with Gasteiger partial charge in [0.15, 0.2) is 5.69 Å². The molecule has 6 nitrogen and oxygen atoms in total. The summed E-state index contributed by atoms with van der Waals surface area (Å²) in [7, 11) is 1.32. The van der Waals surface area contributed by atoms with Gasteiger partial charge in [-0.2, -0.15) is 0 Å².